The smallest absolute Gasteiger partial charge is 0.226 e. The first kappa shape index (κ1) is 25.8. The number of aromatic nitrogens is 3. The Labute approximate surface area is 186 Å². The van der Waals surface area contributed by atoms with Gasteiger partial charge in [0, 0.05) is 31.7 Å². The summed E-state index contributed by atoms with van der Waals surface area (Å²) in [4.78, 5) is 13.3. The molecule has 31 heavy (non-hydrogen) atoms. The molecule has 0 radical (unpaired) electrons. The summed E-state index contributed by atoms with van der Waals surface area (Å²) in [7, 11) is 3.65. The standard InChI is InChI=1S/C19H20N6.C4H10.C2H6/c1-12-8-16-17(11-22-12)25(4)19(21-3)24-18(16)23-10-15-7-5-6-14(9-20)13(15)2;1-4(2)3;1-2/h5-8,11H,10H2,1-4H3,(H,21,23,24);4H,1-3H3;1-2H3. The van der Waals surface area contributed by atoms with Crippen molar-refractivity contribution in [1.29, 1.82) is 5.26 Å². The molecule has 0 atom stereocenters. The molecule has 1 aromatic carbocycles. The molecule has 0 saturated carbocycles. The third-order valence-electron chi connectivity index (χ3n) is 4.36. The number of hydrogen-bond acceptors (Lipinski definition) is 5. The lowest BCUT2D eigenvalue weighted by Crippen LogP contribution is -2.24. The van der Waals surface area contributed by atoms with E-state index in [1.165, 1.54) is 0 Å². The number of pyridine rings is 1. The van der Waals surface area contributed by atoms with Gasteiger partial charge in [0.05, 0.1) is 23.3 Å². The molecule has 0 aliphatic carbocycles. The molecule has 0 fully saturated rings. The van der Waals surface area contributed by atoms with Gasteiger partial charge in [-0.2, -0.15) is 10.2 Å². The van der Waals surface area contributed by atoms with Crippen LogP contribution in [-0.2, 0) is 13.6 Å². The van der Waals surface area contributed by atoms with Gasteiger partial charge in [-0.3, -0.25) is 9.98 Å². The summed E-state index contributed by atoms with van der Waals surface area (Å²) in [6, 6.07) is 10.00. The molecular weight excluding hydrogens is 384 g/mol. The van der Waals surface area contributed by atoms with E-state index in [-0.39, 0.29) is 0 Å². The van der Waals surface area contributed by atoms with Gasteiger partial charge in [0.2, 0.25) is 5.62 Å². The molecule has 6 nitrogen and oxygen atoms in total. The summed E-state index contributed by atoms with van der Waals surface area (Å²) >= 11 is 0. The highest BCUT2D eigenvalue weighted by molar-refractivity contribution is 5.88. The van der Waals surface area contributed by atoms with Gasteiger partial charge in [-0.25, -0.2) is 0 Å². The molecule has 166 valence electrons. The average molecular weight is 421 g/mol. The number of fused-ring (bicyclic) bond motifs is 1. The van der Waals surface area contributed by atoms with Gasteiger partial charge in [0.1, 0.15) is 5.82 Å². The van der Waals surface area contributed by atoms with Crippen molar-refractivity contribution in [2.24, 2.45) is 18.0 Å². The van der Waals surface area contributed by atoms with Crippen LogP contribution >= 0.6 is 0 Å². The van der Waals surface area contributed by atoms with E-state index in [4.69, 9.17) is 0 Å². The minimum Gasteiger partial charge on any atom is -0.365 e. The number of rotatable bonds is 3. The Balaban J connectivity index is 0.000000720. The highest BCUT2D eigenvalue weighted by Crippen LogP contribution is 2.21. The largest absolute Gasteiger partial charge is 0.365 e. The third kappa shape index (κ3) is 6.92. The monoisotopic (exact) mass is 420 g/mol. The summed E-state index contributed by atoms with van der Waals surface area (Å²) in [5, 5.41) is 13.6. The Morgan fingerprint density at radius 1 is 1.19 bits per heavy atom. The van der Waals surface area contributed by atoms with Gasteiger partial charge in [0.15, 0.2) is 0 Å². The van der Waals surface area contributed by atoms with Crippen LogP contribution in [0.2, 0.25) is 0 Å². The Bertz CT molecular complexity index is 1100. The van der Waals surface area contributed by atoms with Gasteiger partial charge in [-0.15, -0.1) is 0 Å². The number of nitriles is 1. The van der Waals surface area contributed by atoms with E-state index in [1.54, 1.807) is 7.05 Å². The molecule has 1 N–H and O–H groups in total. The highest BCUT2D eigenvalue weighted by Gasteiger charge is 2.09. The van der Waals surface area contributed by atoms with E-state index in [9.17, 15) is 5.26 Å². The molecule has 0 saturated heterocycles. The van der Waals surface area contributed by atoms with Crippen LogP contribution in [0.5, 0.6) is 0 Å². The zero-order valence-corrected chi connectivity index (χ0v) is 20.4. The minimum absolute atomic E-state index is 0.585. The molecule has 3 aromatic rings. The first-order chi connectivity index (χ1) is 14.8. The van der Waals surface area contributed by atoms with E-state index in [2.05, 4.69) is 47.1 Å². The van der Waals surface area contributed by atoms with Crippen LogP contribution < -0.4 is 10.9 Å². The summed E-state index contributed by atoms with van der Waals surface area (Å²) in [6.07, 6.45) is 1.84. The number of nitrogens with one attached hydrogen (secondary N) is 1. The van der Waals surface area contributed by atoms with Gasteiger partial charge in [0.25, 0.3) is 0 Å². The van der Waals surface area contributed by atoms with Gasteiger partial charge >= 0.3 is 0 Å². The van der Waals surface area contributed by atoms with E-state index in [1.807, 2.05) is 69.8 Å². The van der Waals surface area contributed by atoms with Crippen LogP contribution in [0.15, 0.2) is 35.5 Å². The maximum atomic E-state index is 9.19. The molecular formula is C25H36N6. The normalized spacial score (nSPS) is 10.7. The fourth-order valence-electron chi connectivity index (χ4n) is 2.86. The van der Waals surface area contributed by atoms with Crippen molar-refractivity contribution in [3.05, 3.63) is 58.5 Å². The Morgan fingerprint density at radius 2 is 1.84 bits per heavy atom. The van der Waals surface area contributed by atoms with Gasteiger partial charge in [-0.05, 0) is 43.0 Å². The Kier molecular flexibility index (Phi) is 10.4. The Morgan fingerprint density at radius 3 is 2.42 bits per heavy atom. The van der Waals surface area contributed by atoms with Crippen LogP contribution in [0.4, 0.5) is 5.82 Å². The maximum absolute atomic E-state index is 9.19. The molecule has 0 bridgehead atoms. The second-order valence-electron chi connectivity index (χ2n) is 7.67. The molecule has 2 aromatic heterocycles. The number of hydrogen-bond donors (Lipinski definition) is 1. The fourth-order valence-corrected chi connectivity index (χ4v) is 2.86. The summed E-state index contributed by atoms with van der Waals surface area (Å²) in [6.45, 7) is 15.0. The predicted octanol–water partition coefficient (Wildman–Crippen LogP) is 5.29. The highest BCUT2D eigenvalue weighted by atomic mass is 15.1. The second kappa shape index (κ2) is 12.5. The van der Waals surface area contributed by atoms with Crippen molar-refractivity contribution < 1.29 is 0 Å². The lowest BCUT2D eigenvalue weighted by molar-refractivity contribution is 0.737. The van der Waals surface area contributed by atoms with Crippen molar-refractivity contribution in [2.75, 3.05) is 12.4 Å². The van der Waals surface area contributed by atoms with Crippen LogP contribution in [0.25, 0.3) is 10.9 Å². The maximum Gasteiger partial charge on any atom is 0.226 e. The van der Waals surface area contributed by atoms with Crippen molar-refractivity contribution in [1.82, 2.24) is 14.5 Å². The van der Waals surface area contributed by atoms with Crippen molar-refractivity contribution in [2.45, 2.75) is 55.0 Å². The minimum atomic E-state index is 0.585. The second-order valence-corrected chi connectivity index (χ2v) is 7.67. The summed E-state index contributed by atoms with van der Waals surface area (Å²) in [5.41, 5.74) is 5.28. The zero-order chi connectivity index (χ0) is 23.6. The molecule has 0 spiro atoms. The lowest BCUT2D eigenvalue weighted by Gasteiger charge is -2.14. The number of nitrogens with zero attached hydrogens (tertiary/aromatic N) is 5. The number of anilines is 1. The molecule has 0 unspecified atom stereocenters. The van der Waals surface area contributed by atoms with E-state index < -0.39 is 0 Å². The topological polar surface area (TPSA) is 78.9 Å². The molecule has 2 heterocycles. The molecule has 6 heteroatoms. The molecule has 0 amide bonds. The Hall–Kier alpha value is -3.20. The first-order valence-electron chi connectivity index (χ1n) is 10.8. The van der Waals surface area contributed by atoms with E-state index in [0.29, 0.717) is 17.7 Å². The summed E-state index contributed by atoms with van der Waals surface area (Å²) in [5.74, 6) is 1.60. The van der Waals surface area contributed by atoms with Crippen LogP contribution in [0.3, 0.4) is 0 Å². The molecule has 0 aliphatic rings. The molecule has 0 aliphatic heterocycles. The molecule has 3 rings (SSSR count). The first-order valence-corrected chi connectivity index (χ1v) is 10.8. The average Bonchev–Trinajstić information content (AvgIpc) is 2.75. The third-order valence-corrected chi connectivity index (χ3v) is 4.36. The van der Waals surface area contributed by atoms with Crippen molar-refractivity contribution >= 4 is 16.7 Å². The van der Waals surface area contributed by atoms with Crippen LogP contribution in [0.1, 0.15) is 57.0 Å². The predicted molar refractivity (Wildman–Crippen MR) is 130 cm³/mol. The van der Waals surface area contributed by atoms with Crippen molar-refractivity contribution in [3.63, 3.8) is 0 Å². The lowest BCUT2D eigenvalue weighted by atomic mass is 10.0. The van der Waals surface area contributed by atoms with Gasteiger partial charge < -0.3 is 9.88 Å². The van der Waals surface area contributed by atoms with E-state index in [0.717, 1.165) is 39.5 Å². The fraction of sp³-hybridized carbons (Fsp3) is 0.440. The van der Waals surface area contributed by atoms with Gasteiger partial charge in [-0.1, -0.05) is 46.8 Å². The number of benzene rings is 1. The SMILES string of the molecule is CC.CC(C)C.CN=c1nc(NCc2cccc(C#N)c2C)c2cc(C)ncc2n1C. The van der Waals surface area contributed by atoms with E-state index >= 15 is 0 Å². The van der Waals surface area contributed by atoms with Crippen molar-refractivity contribution in [3.8, 4) is 6.07 Å². The zero-order valence-electron chi connectivity index (χ0n) is 20.4. The van der Waals surface area contributed by atoms with Crippen LogP contribution in [0, 0.1) is 31.1 Å². The number of aryl methyl sites for hydroxylation is 2. The summed E-state index contributed by atoms with van der Waals surface area (Å²) < 4.78 is 1.93. The van der Waals surface area contributed by atoms with Crippen LogP contribution in [-0.4, -0.2) is 21.6 Å². The quantitative estimate of drug-likeness (QED) is 0.624.